The monoisotopic (exact) mass is 441 g/mol. The van der Waals surface area contributed by atoms with Crippen molar-refractivity contribution in [3.05, 3.63) is 0 Å². The molecule has 0 aromatic heterocycles. The minimum atomic E-state index is -2.29. The molecule has 0 aromatic rings. The van der Waals surface area contributed by atoms with E-state index in [2.05, 4.69) is 40.6 Å². The molecule has 0 aliphatic heterocycles. The summed E-state index contributed by atoms with van der Waals surface area (Å²) in [7, 11) is 0. The molecule has 0 rings (SSSR count). The van der Waals surface area contributed by atoms with Crippen LogP contribution in [0.4, 0.5) is 0 Å². The molecule has 0 fully saturated rings. The van der Waals surface area contributed by atoms with E-state index >= 15 is 0 Å². The SMILES string of the molecule is CCCCCCCCCCCCP(Br)(CCC#N)(CCC#N)CCC#N. The fourth-order valence-electron chi connectivity index (χ4n) is 3.65. The summed E-state index contributed by atoms with van der Waals surface area (Å²) in [5.41, 5.74) is 0. The van der Waals surface area contributed by atoms with E-state index in [1.54, 1.807) is 0 Å². The Morgan fingerprint density at radius 3 is 1.27 bits per heavy atom. The van der Waals surface area contributed by atoms with Crippen molar-refractivity contribution in [2.24, 2.45) is 0 Å². The third-order valence-electron chi connectivity index (χ3n) is 5.42. The fourth-order valence-corrected chi connectivity index (χ4v) is 10.3. The van der Waals surface area contributed by atoms with E-state index in [4.69, 9.17) is 15.8 Å². The number of nitrogens with zero attached hydrogens (tertiary/aromatic N) is 3. The number of rotatable bonds is 17. The maximum atomic E-state index is 9.06. The molecule has 0 spiro atoms. The first kappa shape index (κ1) is 25.4. The Morgan fingerprint density at radius 1 is 0.577 bits per heavy atom. The van der Waals surface area contributed by atoms with Crippen LogP contribution in [-0.2, 0) is 0 Å². The summed E-state index contributed by atoms with van der Waals surface area (Å²) >= 11 is 4.09. The normalized spacial score (nSPS) is 12.5. The zero-order valence-corrected chi connectivity index (χ0v) is 19.2. The molecule has 26 heavy (non-hydrogen) atoms. The van der Waals surface area contributed by atoms with Crippen molar-refractivity contribution in [3.8, 4) is 18.2 Å². The van der Waals surface area contributed by atoms with Gasteiger partial charge in [0.25, 0.3) is 0 Å². The molecule has 148 valence electrons. The first-order chi connectivity index (χ1) is 12.5. The Hall–Kier alpha value is -0.620. The molecule has 0 atom stereocenters. The molecule has 0 heterocycles. The van der Waals surface area contributed by atoms with Crippen LogP contribution >= 0.6 is 20.8 Å². The van der Waals surface area contributed by atoms with Crippen molar-refractivity contribution in [1.82, 2.24) is 0 Å². The predicted molar refractivity (Wildman–Crippen MR) is 118 cm³/mol. The van der Waals surface area contributed by atoms with Crippen molar-refractivity contribution in [2.75, 3.05) is 24.6 Å². The van der Waals surface area contributed by atoms with E-state index in [0.717, 1.165) is 31.1 Å². The van der Waals surface area contributed by atoms with Crippen LogP contribution in [0.25, 0.3) is 0 Å². The number of hydrogen-bond donors (Lipinski definition) is 0. The van der Waals surface area contributed by atoms with Crippen molar-refractivity contribution in [2.45, 2.75) is 90.4 Å². The van der Waals surface area contributed by atoms with E-state index in [9.17, 15) is 0 Å². The molecule has 3 nitrogen and oxygen atoms in total. The standard InChI is InChI=1S/C21H37BrN3P/c1-2-3-4-5-6-7-8-9-10-11-18-26(22,19-12-15-23,20-13-16-24)21-14-17-25/h2-14,18-21H2,1H3. The van der Waals surface area contributed by atoms with Gasteiger partial charge in [0.2, 0.25) is 0 Å². The number of halogens is 1. The number of hydrogen-bond acceptors (Lipinski definition) is 3. The van der Waals surface area contributed by atoms with Gasteiger partial charge in [-0.3, -0.25) is 0 Å². The first-order valence-corrected chi connectivity index (χ1v) is 15.4. The average Bonchev–Trinajstić information content (AvgIpc) is 2.65. The van der Waals surface area contributed by atoms with Gasteiger partial charge in [-0.05, 0) is 0 Å². The van der Waals surface area contributed by atoms with Crippen LogP contribution in [0.3, 0.4) is 0 Å². The molecule has 0 aliphatic rings. The summed E-state index contributed by atoms with van der Waals surface area (Å²) < 4.78 is 0. The average molecular weight is 442 g/mol. The van der Waals surface area contributed by atoms with Gasteiger partial charge < -0.3 is 0 Å². The summed E-state index contributed by atoms with van der Waals surface area (Å²) in [5, 5.41) is 24.9. The minimum absolute atomic E-state index is 0.525. The maximum absolute atomic E-state index is 9.06. The Labute approximate surface area is 169 Å². The number of unbranched alkanes of at least 4 members (excludes halogenated alkanes) is 9. The Balaban J connectivity index is 4.35. The molecule has 0 unspecified atom stereocenters. The molecule has 5 heteroatoms. The van der Waals surface area contributed by atoms with Crippen LogP contribution < -0.4 is 0 Å². The third-order valence-corrected chi connectivity index (χ3v) is 15.1. The van der Waals surface area contributed by atoms with Gasteiger partial charge in [0.05, 0.1) is 0 Å². The second-order valence-electron chi connectivity index (χ2n) is 7.62. The topological polar surface area (TPSA) is 71.4 Å². The van der Waals surface area contributed by atoms with Crippen molar-refractivity contribution < 1.29 is 0 Å². The van der Waals surface area contributed by atoms with Gasteiger partial charge in [-0.1, -0.05) is 0 Å². The molecule has 0 saturated heterocycles. The molecule has 0 bridgehead atoms. The third kappa shape index (κ3) is 11.9. The van der Waals surface area contributed by atoms with E-state index < -0.39 is 5.31 Å². The second kappa shape index (κ2) is 15.4. The molecule has 0 N–H and O–H groups in total. The van der Waals surface area contributed by atoms with Crippen LogP contribution in [0.15, 0.2) is 0 Å². The molecular formula is C21H37BrN3P. The van der Waals surface area contributed by atoms with Gasteiger partial charge in [-0.25, -0.2) is 0 Å². The zero-order valence-electron chi connectivity index (χ0n) is 16.7. The van der Waals surface area contributed by atoms with E-state index in [0.29, 0.717) is 19.3 Å². The summed E-state index contributed by atoms with van der Waals surface area (Å²) in [6.07, 6.45) is 18.3. The van der Waals surface area contributed by atoms with Gasteiger partial charge in [-0.15, -0.1) is 0 Å². The fraction of sp³-hybridized carbons (Fsp3) is 0.857. The van der Waals surface area contributed by atoms with Gasteiger partial charge >= 0.3 is 170 Å². The van der Waals surface area contributed by atoms with Gasteiger partial charge in [0.15, 0.2) is 0 Å². The molecule has 0 radical (unpaired) electrons. The van der Waals surface area contributed by atoms with Crippen molar-refractivity contribution >= 4 is 20.8 Å². The molecule has 0 saturated carbocycles. The predicted octanol–water partition coefficient (Wildman–Crippen LogP) is 7.51. The van der Waals surface area contributed by atoms with Crippen LogP contribution in [0, 0.1) is 34.0 Å². The van der Waals surface area contributed by atoms with E-state index in [1.807, 2.05) is 0 Å². The second-order valence-corrected chi connectivity index (χ2v) is 19.1. The Kier molecular flexibility index (Phi) is 15.1. The van der Waals surface area contributed by atoms with Crippen LogP contribution in [0.5, 0.6) is 0 Å². The van der Waals surface area contributed by atoms with E-state index in [-0.39, 0.29) is 0 Å². The zero-order chi connectivity index (χ0) is 19.6. The van der Waals surface area contributed by atoms with Gasteiger partial charge in [0, 0.05) is 0 Å². The first-order valence-electron chi connectivity index (χ1n) is 10.4. The van der Waals surface area contributed by atoms with Crippen molar-refractivity contribution in [3.63, 3.8) is 0 Å². The molecular weight excluding hydrogens is 405 g/mol. The van der Waals surface area contributed by atoms with Crippen LogP contribution in [-0.4, -0.2) is 24.6 Å². The van der Waals surface area contributed by atoms with E-state index in [1.165, 1.54) is 57.8 Å². The Bertz CT molecular complexity index is 439. The summed E-state index contributed by atoms with van der Waals surface area (Å²) in [4.78, 5) is 0. The molecule has 0 aromatic carbocycles. The summed E-state index contributed by atoms with van der Waals surface area (Å²) in [6, 6.07) is 6.83. The molecule has 0 amide bonds. The summed E-state index contributed by atoms with van der Waals surface area (Å²) in [6.45, 7) is 2.25. The summed E-state index contributed by atoms with van der Waals surface area (Å²) in [5.74, 6) is 0. The van der Waals surface area contributed by atoms with Crippen LogP contribution in [0.1, 0.15) is 90.4 Å². The molecule has 0 aliphatic carbocycles. The van der Waals surface area contributed by atoms with Crippen molar-refractivity contribution in [1.29, 1.82) is 15.8 Å². The number of nitriles is 3. The van der Waals surface area contributed by atoms with Gasteiger partial charge in [-0.2, -0.15) is 0 Å². The van der Waals surface area contributed by atoms with Gasteiger partial charge in [0.1, 0.15) is 0 Å². The van der Waals surface area contributed by atoms with Crippen LogP contribution in [0.2, 0.25) is 0 Å². The Morgan fingerprint density at radius 2 is 0.923 bits per heavy atom. The quantitative estimate of drug-likeness (QED) is 0.173.